The number of rotatable bonds is 5. The van der Waals surface area contributed by atoms with E-state index < -0.39 is 53.8 Å². The van der Waals surface area contributed by atoms with Gasteiger partial charge in [0.2, 0.25) is 11.8 Å². The highest BCUT2D eigenvalue weighted by molar-refractivity contribution is 5.94. The van der Waals surface area contributed by atoms with Crippen LogP contribution in [0.1, 0.15) is 5.56 Å². The fourth-order valence-corrected chi connectivity index (χ4v) is 2.05. The van der Waals surface area contributed by atoms with Crippen LogP contribution in [0.25, 0.3) is 0 Å². The maximum atomic E-state index is 13.0. The molecule has 0 fully saturated rings. The molecular weight excluding hydrogens is 377 g/mol. The minimum absolute atomic E-state index is 0.0535. The lowest BCUT2D eigenvalue weighted by atomic mass is 10.2. The number of carbonyl (C=O) groups is 2. The number of alkyl halides is 3. The molecule has 0 aliphatic carbocycles. The van der Waals surface area contributed by atoms with Crippen LogP contribution in [-0.2, 0) is 22.3 Å². The van der Waals surface area contributed by atoms with Gasteiger partial charge in [0.05, 0.1) is 6.54 Å². The first-order chi connectivity index (χ1) is 12.6. The summed E-state index contributed by atoms with van der Waals surface area (Å²) < 4.78 is 64.4. The average molecular weight is 389 g/mol. The smallest absolute Gasteiger partial charge is 0.345 e. The maximum Gasteiger partial charge on any atom is 0.421 e. The maximum absolute atomic E-state index is 13.0. The SMILES string of the molecule is O=C(Cn1cccc(C(F)(F)F)c1=O)NCC(=O)Nc1ccc(F)c(F)c1. The minimum atomic E-state index is -4.86. The van der Waals surface area contributed by atoms with Crippen molar-refractivity contribution in [3.05, 3.63) is 64.1 Å². The Bertz CT molecular complexity index is 924. The number of amides is 2. The largest absolute Gasteiger partial charge is 0.421 e. The summed E-state index contributed by atoms with van der Waals surface area (Å²) in [5.41, 5.74) is -2.87. The Kier molecular flexibility index (Phi) is 5.93. The van der Waals surface area contributed by atoms with Crippen LogP contribution in [0.3, 0.4) is 0 Å². The summed E-state index contributed by atoms with van der Waals surface area (Å²) in [6.07, 6.45) is -3.86. The summed E-state index contributed by atoms with van der Waals surface area (Å²) in [5.74, 6) is -3.96. The molecule has 144 valence electrons. The number of nitrogens with zero attached hydrogens (tertiary/aromatic N) is 1. The van der Waals surface area contributed by atoms with Crippen LogP contribution in [-0.4, -0.2) is 22.9 Å². The first-order valence-corrected chi connectivity index (χ1v) is 7.36. The van der Waals surface area contributed by atoms with E-state index in [2.05, 4.69) is 10.6 Å². The summed E-state index contributed by atoms with van der Waals surface area (Å²) in [6, 6.07) is 4.18. The van der Waals surface area contributed by atoms with Gasteiger partial charge < -0.3 is 15.2 Å². The van der Waals surface area contributed by atoms with Gasteiger partial charge in [0.15, 0.2) is 11.6 Å². The topological polar surface area (TPSA) is 80.2 Å². The summed E-state index contributed by atoms with van der Waals surface area (Å²) in [5, 5.41) is 4.29. The van der Waals surface area contributed by atoms with E-state index in [-0.39, 0.29) is 5.69 Å². The number of halogens is 5. The summed E-state index contributed by atoms with van der Waals surface area (Å²) >= 11 is 0. The van der Waals surface area contributed by atoms with Gasteiger partial charge in [-0.25, -0.2) is 8.78 Å². The van der Waals surface area contributed by atoms with Gasteiger partial charge in [-0.2, -0.15) is 13.2 Å². The fourth-order valence-electron chi connectivity index (χ4n) is 2.05. The van der Waals surface area contributed by atoms with Crippen LogP contribution >= 0.6 is 0 Å². The van der Waals surface area contributed by atoms with Crippen molar-refractivity contribution in [2.24, 2.45) is 0 Å². The second kappa shape index (κ2) is 7.98. The lowest BCUT2D eigenvalue weighted by Gasteiger charge is -2.11. The number of pyridine rings is 1. The molecule has 6 nitrogen and oxygen atoms in total. The fraction of sp³-hybridized carbons (Fsp3) is 0.188. The van der Waals surface area contributed by atoms with Crippen molar-refractivity contribution in [1.82, 2.24) is 9.88 Å². The molecule has 0 radical (unpaired) electrons. The Morgan fingerprint density at radius 3 is 2.37 bits per heavy atom. The zero-order valence-electron chi connectivity index (χ0n) is 13.4. The van der Waals surface area contributed by atoms with E-state index in [0.717, 1.165) is 30.5 Å². The van der Waals surface area contributed by atoms with E-state index in [1.807, 2.05) is 0 Å². The molecule has 2 aromatic rings. The third kappa shape index (κ3) is 5.36. The van der Waals surface area contributed by atoms with E-state index in [0.29, 0.717) is 10.6 Å². The van der Waals surface area contributed by atoms with Crippen molar-refractivity contribution in [2.45, 2.75) is 12.7 Å². The van der Waals surface area contributed by atoms with E-state index in [1.54, 1.807) is 0 Å². The number of carbonyl (C=O) groups excluding carboxylic acids is 2. The highest BCUT2D eigenvalue weighted by atomic mass is 19.4. The molecular formula is C16H12F5N3O3. The van der Waals surface area contributed by atoms with Crippen LogP contribution in [0.15, 0.2) is 41.3 Å². The van der Waals surface area contributed by atoms with Crippen LogP contribution in [0.2, 0.25) is 0 Å². The van der Waals surface area contributed by atoms with E-state index in [1.165, 1.54) is 0 Å². The Morgan fingerprint density at radius 1 is 1.04 bits per heavy atom. The molecule has 0 saturated heterocycles. The zero-order chi connectivity index (χ0) is 20.2. The standard InChI is InChI=1S/C16H12F5N3O3/c17-11-4-3-9(6-12(11)18)23-13(25)7-22-14(26)8-24-5-1-2-10(15(24)27)16(19,20)21/h1-6H,7-8H2,(H,22,26)(H,23,25). The molecule has 0 bridgehead atoms. The third-order valence-corrected chi connectivity index (χ3v) is 3.29. The van der Waals surface area contributed by atoms with Crippen molar-refractivity contribution in [2.75, 3.05) is 11.9 Å². The molecule has 0 aliphatic rings. The van der Waals surface area contributed by atoms with E-state index >= 15 is 0 Å². The van der Waals surface area contributed by atoms with Gasteiger partial charge in [-0.15, -0.1) is 0 Å². The lowest BCUT2D eigenvalue weighted by molar-refractivity contribution is -0.139. The minimum Gasteiger partial charge on any atom is -0.345 e. The van der Waals surface area contributed by atoms with Crippen LogP contribution in [0.5, 0.6) is 0 Å². The van der Waals surface area contributed by atoms with Crippen LogP contribution in [0, 0.1) is 11.6 Å². The molecule has 0 aliphatic heterocycles. The normalized spacial score (nSPS) is 11.1. The summed E-state index contributed by atoms with van der Waals surface area (Å²) in [4.78, 5) is 35.1. The van der Waals surface area contributed by atoms with Gasteiger partial charge >= 0.3 is 6.18 Å². The van der Waals surface area contributed by atoms with Gasteiger partial charge in [0, 0.05) is 18.0 Å². The molecule has 1 heterocycles. The number of hydrogen-bond acceptors (Lipinski definition) is 3. The Labute approximate surface area is 148 Å². The van der Waals surface area contributed by atoms with Gasteiger partial charge in [0.1, 0.15) is 12.1 Å². The molecule has 1 aromatic heterocycles. The first kappa shape index (κ1) is 20.1. The van der Waals surface area contributed by atoms with Crippen molar-refractivity contribution in [1.29, 1.82) is 0 Å². The molecule has 1 aromatic carbocycles. The van der Waals surface area contributed by atoms with Crippen molar-refractivity contribution in [3.8, 4) is 0 Å². The quantitative estimate of drug-likeness (QED) is 0.767. The van der Waals surface area contributed by atoms with Gasteiger partial charge in [-0.3, -0.25) is 14.4 Å². The second-order valence-corrected chi connectivity index (χ2v) is 5.31. The van der Waals surface area contributed by atoms with Crippen molar-refractivity contribution in [3.63, 3.8) is 0 Å². The molecule has 2 N–H and O–H groups in total. The molecule has 0 spiro atoms. The molecule has 2 amide bonds. The Hall–Kier alpha value is -3.24. The van der Waals surface area contributed by atoms with Crippen LogP contribution in [0.4, 0.5) is 27.6 Å². The number of nitrogens with one attached hydrogen (secondary N) is 2. The molecule has 0 unspecified atom stereocenters. The van der Waals surface area contributed by atoms with Gasteiger partial charge in [0.25, 0.3) is 5.56 Å². The van der Waals surface area contributed by atoms with Gasteiger partial charge in [-0.05, 0) is 24.3 Å². The lowest BCUT2D eigenvalue weighted by Crippen LogP contribution is -2.38. The summed E-state index contributed by atoms with van der Waals surface area (Å²) in [7, 11) is 0. The molecule has 0 atom stereocenters. The van der Waals surface area contributed by atoms with E-state index in [9.17, 15) is 36.3 Å². The number of anilines is 1. The number of hydrogen-bond donors (Lipinski definition) is 2. The molecule has 11 heteroatoms. The van der Waals surface area contributed by atoms with Crippen molar-refractivity contribution >= 4 is 17.5 Å². The second-order valence-electron chi connectivity index (χ2n) is 5.31. The molecule has 0 saturated carbocycles. The Morgan fingerprint density at radius 2 is 1.74 bits per heavy atom. The first-order valence-electron chi connectivity index (χ1n) is 7.36. The van der Waals surface area contributed by atoms with Crippen molar-refractivity contribution < 1.29 is 31.5 Å². The average Bonchev–Trinajstić information content (AvgIpc) is 2.57. The van der Waals surface area contributed by atoms with Crippen LogP contribution < -0.4 is 16.2 Å². The van der Waals surface area contributed by atoms with Gasteiger partial charge in [-0.1, -0.05) is 0 Å². The number of benzene rings is 1. The molecule has 2 rings (SSSR count). The number of aromatic nitrogens is 1. The zero-order valence-corrected chi connectivity index (χ0v) is 13.4. The molecule has 27 heavy (non-hydrogen) atoms. The predicted octanol–water partition coefficient (Wildman–Crippen LogP) is 1.90. The predicted molar refractivity (Wildman–Crippen MR) is 83.7 cm³/mol. The third-order valence-electron chi connectivity index (χ3n) is 3.29. The summed E-state index contributed by atoms with van der Waals surface area (Å²) in [6.45, 7) is -1.33. The monoisotopic (exact) mass is 389 g/mol. The highest BCUT2D eigenvalue weighted by Gasteiger charge is 2.34. The highest BCUT2D eigenvalue weighted by Crippen LogP contribution is 2.25. The Balaban J connectivity index is 1.94. The van der Waals surface area contributed by atoms with E-state index in [4.69, 9.17) is 0 Å².